The number of fused-ring (bicyclic) bond motifs is 3. The zero-order chi connectivity index (χ0) is 40.2. The number of ether oxygens (including phenoxy) is 1. The third-order valence-electron chi connectivity index (χ3n) is 12.9. The monoisotopic (exact) mass is 771 g/mol. The third kappa shape index (κ3) is 7.87. The molecule has 1 aliphatic carbocycles. The molecular formula is C56H53NO2. The molecule has 0 spiro atoms. The number of rotatable bonds is 11. The molecule has 1 saturated carbocycles. The fraction of sp³-hybridized carbons (Fsp3) is 0.232. The molecule has 1 fully saturated rings. The van der Waals surface area contributed by atoms with E-state index in [0.29, 0.717) is 11.5 Å². The summed E-state index contributed by atoms with van der Waals surface area (Å²) in [4.78, 5) is 13.5. The van der Waals surface area contributed by atoms with Crippen LogP contribution >= 0.6 is 0 Å². The number of nitrogens with one attached hydrogen (secondary N) is 1. The van der Waals surface area contributed by atoms with Gasteiger partial charge in [0.1, 0.15) is 5.75 Å². The first-order valence-corrected chi connectivity index (χ1v) is 21.7. The molecule has 3 nitrogen and oxygen atoms in total. The van der Waals surface area contributed by atoms with Crippen molar-refractivity contribution in [1.82, 2.24) is 0 Å². The van der Waals surface area contributed by atoms with Gasteiger partial charge in [-0.1, -0.05) is 160 Å². The topological polar surface area (TPSA) is 38.3 Å². The van der Waals surface area contributed by atoms with E-state index in [4.69, 9.17) is 4.74 Å². The number of hydrogen-bond acceptors (Lipinski definition) is 2. The minimum atomic E-state index is -0.809. The van der Waals surface area contributed by atoms with Gasteiger partial charge in [-0.2, -0.15) is 0 Å². The molecule has 1 unspecified atom stereocenters. The lowest BCUT2D eigenvalue weighted by Crippen LogP contribution is -2.35. The normalized spacial score (nSPS) is 18.5. The van der Waals surface area contributed by atoms with E-state index in [2.05, 4.69) is 159 Å². The molecule has 1 heterocycles. The molecule has 7 aromatic rings. The Morgan fingerprint density at radius 1 is 0.695 bits per heavy atom. The first-order chi connectivity index (χ1) is 29.0. The number of aryl methyl sites for hydroxylation is 1. The summed E-state index contributed by atoms with van der Waals surface area (Å²) in [5.74, 6) is 2.31. The van der Waals surface area contributed by atoms with Crippen molar-refractivity contribution in [2.24, 2.45) is 5.92 Å². The Bertz CT molecular complexity index is 2580. The number of benzene rings is 7. The number of carbonyl (C=O) groups excluding carboxylic acids is 1. The van der Waals surface area contributed by atoms with Gasteiger partial charge in [0.2, 0.25) is 0 Å². The van der Waals surface area contributed by atoms with Gasteiger partial charge in [0.15, 0.2) is 5.60 Å². The minimum absolute atomic E-state index is 0.132. The lowest BCUT2D eigenvalue weighted by molar-refractivity contribution is 0.102. The van der Waals surface area contributed by atoms with Gasteiger partial charge in [-0.15, -0.1) is 0 Å². The van der Waals surface area contributed by atoms with Crippen molar-refractivity contribution in [1.29, 1.82) is 0 Å². The van der Waals surface area contributed by atoms with Crippen molar-refractivity contribution in [2.45, 2.75) is 76.7 Å². The Balaban J connectivity index is 0.920. The van der Waals surface area contributed by atoms with Gasteiger partial charge in [-0.25, -0.2) is 0 Å². The summed E-state index contributed by atoms with van der Waals surface area (Å²) in [7, 11) is 0. The average molecular weight is 772 g/mol. The predicted octanol–water partition coefficient (Wildman–Crippen LogP) is 14.9. The molecule has 9 rings (SSSR count). The van der Waals surface area contributed by atoms with Crippen LogP contribution in [-0.2, 0) is 5.60 Å². The van der Waals surface area contributed by atoms with Gasteiger partial charge in [0, 0.05) is 33.5 Å². The van der Waals surface area contributed by atoms with Crippen LogP contribution in [0.3, 0.4) is 0 Å². The van der Waals surface area contributed by atoms with Crippen molar-refractivity contribution in [3.63, 3.8) is 0 Å². The molecule has 1 aliphatic heterocycles. The van der Waals surface area contributed by atoms with E-state index < -0.39 is 5.60 Å². The van der Waals surface area contributed by atoms with Crippen LogP contribution in [0.15, 0.2) is 164 Å². The standard InChI is InChI=1S/C56H53NO2/c1-3-4-6-14-40-20-22-41(23-21-40)42-24-26-43(27-25-42)44-28-30-46(31-29-44)55(58)57-49-34-32-45(33-35-49)52-38-47-15-10-11-18-50(47)51-36-37-56(59-54(51)52,48-16-7-5-8-17-48)53-19-12-9-13-39(53)2/h5,7-13,15-19,24-38,40-41H,3-4,6,14,20-23H2,1-2H3,(H,57,58)/t40-,41-,56?. The molecule has 294 valence electrons. The Hall–Kier alpha value is -6.19. The Labute approximate surface area is 349 Å². The van der Waals surface area contributed by atoms with E-state index in [1.807, 2.05) is 30.3 Å². The summed E-state index contributed by atoms with van der Waals surface area (Å²) in [6.07, 6.45) is 15.3. The third-order valence-corrected chi connectivity index (χ3v) is 12.9. The van der Waals surface area contributed by atoms with E-state index >= 15 is 0 Å². The maximum Gasteiger partial charge on any atom is 0.255 e. The zero-order valence-electron chi connectivity index (χ0n) is 34.3. The Morgan fingerprint density at radius 2 is 1.36 bits per heavy atom. The highest BCUT2D eigenvalue weighted by atomic mass is 16.5. The van der Waals surface area contributed by atoms with Gasteiger partial charge in [-0.05, 0) is 126 Å². The molecule has 0 saturated heterocycles. The Morgan fingerprint density at radius 3 is 2.08 bits per heavy atom. The van der Waals surface area contributed by atoms with Crippen molar-refractivity contribution >= 4 is 28.4 Å². The fourth-order valence-corrected chi connectivity index (χ4v) is 9.54. The van der Waals surface area contributed by atoms with Gasteiger partial charge >= 0.3 is 0 Å². The fourth-order valence-electron chi connectivity index (χ4n) is 9.54. The molecule has 1 amide bonds. The predicted molar refractivity (Wildman–Crippen MR) is 246 cm³/mol. The summed E-state index contributed by atoms with van der Waals surface area (Å²) >= 11 is 0. The molecule has 7 aromatic carbocycles. The van der Waals surface area contributed by atoms with Crippen LogP contribution in [0.2, 0.25) is 0 Å². The molecule has 0 radical (unpaired) electrons. The summed E-state index contributed by atoms with van der Waals surface area (Å²) < 4.78 is 7.35. The maximum absolute atomic E-state index is 13.5. The highest BCUT2D eigenvalue weighted by molar-refractivity contribution is 6.05. The van der Waals surface area contributed by atoms with Crippen LogP contribution in [0.4, 0.5) is 5.69 Å². The van der Waals surface area contributed by atoms with Crippen molar-refractivity contribution in [3.8, 4) is 28.0 Å². The number of anilines is 1. The minimum Gasteiger partial charge on any atom is -0.472 e. The van der Waals surface area contributed by atoms with Crippen LogP contribution in [0.25, 0.3) is 39.1 Å². The second-order valence-corrected chi connectivity index (χ2v) is 16.7. The lowest BCUT2D eigenvalue weighted by atomic mass is 9.77. The van der Waals surface area contributed by atoms with Gasteiger partial charge in [0.25, 0.3) is 5.91 Å². The highest BCUT2D eigenvalue weighted by Crippen LogP contribution is 2.49. The van der Waals surface area contributed by atoms with Crippen molar-refractivity contribution < 1.29 is 9.53 Å². The summed E-state index contributed by atoms with van der Waals surface area (Å²) in [6.45, 7) is 4.44. The number of carbonyl (C=O) groups is 1. The van der Waals surface area contributed by atoms with E-state index in [9.17, 15) is 4.79 Å². The maximum atomic E-state index is 13.5. The summed E-state index contributed by atoms with van der Waals surface area (Å²) in [5, 5.41) is 5.42. The molecule has 3 heteroatoms. The van der Waals surface area contributed by atoms with E-state index in [-0.39, 0.29) is 5.91 Å². The smallest absolute Gasteiger partial charge is 0.255 e. The van der Waals surface area contributed by atoms with E-state index in [1.54, 1.807) is 0 Å². The molecule has 0 bridgehead atoms. The number of amides is 1. The summed E-state index contributed by atoms with van der Waals surface area (Å²) in [6, 6.07) is 54.9. The summed E-state index contributed by atoms with van der Waals surface area (Å²) in [5.41, 5.74) is 10.7. The zero-order valence-corrected chi connectivity index (χ0v) is 34.3. The first-order valence-electron chi connectivity index (χ1n) is 21.7. The average Bonchev–Trinajstić information content (AvgIpc) is 3.30. The molecule has 59 heavy (non-hydrogen) atoms. The van der Waals surface area contributed by atoms with Gasteiger partial charge in [0.05, 0.1) is 0 Å². The van der Waals surface area contributed by atoms with Crippen LogP contribution in [0.5, 0.6) is 5.75 Å². The van der Waals surface area contributed by atoms with Gasteiger partial charge in [-0.3, -0.25) is 4.79 Å². The second-order valence-electron chi connectivity index (χ2n) is 16.7. The lowest BCUT2D eigenvalue weighted by Gasteiger charge is -2.38. The SMILES string of the molecule is CCCCC[C@H]1CC[C@H](c2ccc(-c3ccc(C(=O)Nc4ccc(-c5cc6ccccc6c6c5OC(c5ccccc5)(c5ccccc5C)C=C6)cc4)cc3)cc2)CC1. The molecular weight excluding hydrogens is 719 g/mol. The van der Waals surface area contributed by atoms with E-state index in [0.717, 1.165) is 67.1 Å². The van der Waals surface area contributed by atoms with Crippen LogP contribution in [0.1, 0.15) is 102 Å². The molecule has 1 atom stereocenters. The number of hydrogen-bond donors (Lipinski definition) is 1. The van der Waals surface area contributed by atoms with Crippen LogP contribution < -0.4 is 10.1 Å². The molecule has 1 N–H and O–H groups in total. The van der Waals surface area contributed by atoms with Crippen molar-refractivity contribution in [3.05, 3.63) is 197 Å². The van der Waals surface area contributed by atoms with Crippen LogP contribution in [-0.4, -0.2) is 5.91 Å². The second kappa shape index (κ2) is 17.0. The van der Waals surface area contributed by atoms with Gasteiger partial charge < -0.3 is 10.1 Å². The molecule has 2 aliphatic rings. The molecule has 0 aromatic heterocycles. The number of unbranched alkanes of at least 4 members (excludes halogenated alkanes) is 2. The quantitative estimate of drug-likeness (QED) is 0.133. The first kappa shape index (κ1) is 38.3. The van der Waals surface area contributed by atoms with Crippen molar-refractivity contribution in [2.75, 3.05) is 5.32 Å². The largest absolute Gasteiger partial charge is 0.472 e. The Kier molecular flexibility index (Phi) is 11.0. The highest BCUT2D eigenvalue weighted by Gasteiger charge is 2.39. The van der Waals surface area contributed by atoms with Crippen LogP contribution in [0, 0.1) is 12.8 Å². The van der Waals surface area contributed by atoms with E-state index in [1.165, 1.54) is 62.5 Å².